The fourth-order valence-electron chi connectivity index (χ4n) is 2.30. The van der Waals surface area contributed by atoms with Crippen LogP contribution in [0.15, 0.2) is 30.3 Å². The molecular formula is C15H21NO2. The molecule has 1 aliphatic heterocycles. The zero-order valence-corrected chi connectivity index (χ0v) is 11.0. The van der Waals surface area contributed by atoms with Gasteiger partial charge in [-0.3, -0.25) is 9.69 Å². The topological polar surface area (TPSA) is 29.5 Å². The molecule has 3 heteroatoms. The van der Waals surface area contributed by atoms with Crippen LogP contribution in [0.2, 0.25) is 0 Å². The normalized spacial score (nSPS) is 18.3. The first-order chi connectivity index (χ1) is 8.77. The van der Waals surface area contributed by atoms with Gasteiger partial charge < -0.3 is 4.74 Å². The van der Waals surface area contributed by atoms with Gasteiger partial charge in [0.25, 0.3) is 0 Å². The molecule has 0 radical (unpaired) electrons. The predicted octanol–water partition coefficient (Wildman–Crippen LogP) is 2.60. The van der Waals surface area contributed by atoms with Gasteiger partial charge in [-0.15, -0.1) is 0 Å². The van der Waals surface area contributed by atoms with Gasteiger partial charge in [0.15, 0.2) is 0 Å². The molecule has 0 N–H and O–H groups in total. The second-order valence-electron chi connectivity index (χ2n) is 4.87. The minimum atomic E-state index is -0.117. The molecule has 98 valence electrons. The van der Waals surface area contributed by atoms with Gasteiger partial charge in [0, 0.05) is 0 Å². The Balaban J connectivity index is 1.80. The Morgan fingerprint density at radius 2 is 1.89 bits per heavy atom. The summed E-state index contributed by atoms with van der Waals surface area (Å²) in [7, 11) is 0. The Morgan fingerprint density at radius 3 is 2.56 bits per heavy atom. The van der Waals surface area contributed by atoms with Gasteiger partial charge in [0.2, 0.25) is 0 Å². The third-order valence-electron chi connectivity index (χ3n) is 3.50. The molecular weight excluding hydrogens is 226 g/mol. The van der Waals surface area contributed by atoms with Crippen molar-refractivity contribution in [1.29, 1.82) is 0 Å². The second kappa shape index (κ2) is 6.55. The Labute approximate surface area is 109 Å². The number of nitrogens with zero attached hydrogens (tertiary/aromatic N) is 1. The highest BCUT2D eigenvalue weighted by molar-refractivity contribution is 5.75. The number of esters is 1. The second-order valence-corrected chi connectivity index (χ2v) is 4.87. The van der Waals surface area contributed by atoms with Crippen molar-refractivity contribution in [2.24, 2.45) is 0 Å². The van der Waals surface area contributed by atoms with E-state index < -0.39 is 0 Å². The zero-order chi connectivity index (χ0) is 12.8. The van der Waals surface area contributed by atoms with Gasteiger partial charge in [0.1, 0.15) is 12.6 Å². The number of likely N-dealkylation sites (tertiary alicyclic amines) is 1. The lowest BCUT2D eigenvalue weighted by atomic mass is 10.1. The molecule has 1 saturated heterocycles. The average molecular weight is 247 g/mol. The summed E-state index contributed by atoms with van der Waals surface area (Å²) in [4.78, 5) is 14.2. The maximum Gasteiger partial charge on any atom is 0.323 e. The molecule has 0 amide bonds. The summed E-state index contributed by atoms with van der Waals surface area (Å²) in [5.74, 6) is -0.110. The number of carbonyl (C=O) groups is 1. The monoisotopic (exact) mass is 247 g/mol. The average Bonchev–Trinajstić information content (AvgIpc) is 2.46. The number of ether oxygens (including phenoxy) is 1. The number of piperidine rings is 1. The van der Waals surface area contributed by atoms with Crippen LogP contribution in [-0.4, -0.2) is 30.0 Å². The van der Waals surface area contributed by atoms with Gasteiger partial charge in [-0.1, -0.05) is 36.8 Å². The highest BCUT2D eigenvalue weighted by Crippen LogP contribution is 2.13. The standard InChI is InChI=1S/C15H21NO2/c1-13(16-10-6-3-7-11-16)15(17)18-12-14-8-4-2-5-9-14/h2,4-5,8-9,13H,3,6-7,10-12H2,1H3/t13-/m1/s1. The highest BCUT2D eigenvalue weighted by Gasteiger charge is 2.23. The molecule has 0 bridgehead atoms. The van der Waals surface area contributed by atoms with Crippen LogP contribution >= 0.6 is 0 Å². The van der Waals surface area contributed by atoms with E-state index in [4.69, 9.17) is 4.74 Å². The van der Waals surface area contributed by atoms with E-state index in [0.29, 0.717) is 6.61 Å². The van der Waals surface area contributed by atoms with Gasteiger partial charge in [-0.05, 0) is 38.4 Å². The fourth-order valence-corrected chi connectivity index (χ4v) is 2.30. The number of benzene rings is 1. The largest absolute Gasteiger partial charge is 0.460 e. The first-order valence-electron chi connectivity index (χ1n) is 6.72. The van der Waals surface area contributed by atoms with Crippen molar-refractivity contribution in [1.82, 2.24) is 4.90 Å². The van der Waals surface area contributed by atoms with Crippen LogP contribution in [0.25, 0.3) is 0 Å². The van der Waals surface area contributed by atoms with Crippen molar-refractivity contribution in [2.45, 2.75) is 38.8 Å². The maximum absolute atomic E-state index is 12.0. The molecule has 1 aromatic rings. The molecule has 0 saturated carbocycles. The molecule has 1 aromatic carbocycles. The number of hydrogen-bond donors (Lipinski definition) is 0. The summed E-state index contributed by atoms with van der Waals surface area (Å²) >= 11 is 0. The number of carbonyl (C=O) groups excluding carboxylic acids is 1. The summed E-state index contributed by atoms with van der Waals surface area (Å²) in [5, 5.41) is 0. The summed E-state index contributed by atoms with van der Waals surface area (Å²) in [6, 6.07) is 9.70. The third-order valence-corrected chi connectivity index (χ3v) is 3.50. The SMILES string of the molecule is C[C@H](C(=O)OCc1ccccc1)N1CCCCC1. The van der Waals surface area contributed by atoms with Crippen LogP contribution in [-0.2, 0) is 16.1 Å². The Kier molecular flexibility index (Phi) is 4.76. The third kappa shape index (κ3) is 3.57. The van der Waals surface area contributed by atoms with Crippen molar-refractivity contribution in [3.63, 3.8) is 0 Å². The van der Waals surface area contributed by atoms with Crippen molar-refractivity contribution in [3.8, 4) is 0 Å². The summed E-state index contributed by atoms with van der Waals surface area (Å²) in [6.45, 7) is 4.35. The van der Waals surface area contributed by atoms with E-state index in [1.165, 1.54) is 19.3 Å². The quantitative estimate of drug-likeness (QED) is 0.766. The predicted molar refractivity (Wildman–Crippen MR) is 71.1 cm³/mol. The van der Waals surface area contributed by atoms with Gasteiger partial charge >= 0.3 is 5.97 Å². The molecule has 0 aliphatic carbocycles. The number of hydrogen-bond acceptors (Lipinski definition) is 3. The van der Waals surface area contributed by atoms with Gasteiger partial charge in [-0.2, -0.15) is 0 Å². The van der Waals surface area contributed by atoms with E-state index in [1.807, 2.05) is 37.3 Å². The first kappa shape index (κ1) is 13.1. The Bertz CT molecular complexity index is 371. The van der Waals surface area contributed by atoms with Crippen LogP contribution < -0.4 is 0 Å². The lowest BCUT2D eigenvalue weighted by Crippen LogP contribution is -2.42. The van der Waals surface area contributed by atoms with Crippen LogP contribution in [0.1, 0.15) is 31.7 Å². The van der Waals surface area contributed by atoms with E-state index >= 15 is 0 Å². The molecule has 1 atom stereocenters. The fraction of sp³-hybridized carbons (Fsp3) is 0.533. The molecule has 3 nitrogen and oxygen atoms in total. The summed E-state index contributed by atoms with van der Waals surface area (Å²) in [5.41, 5.74) is 1.04. The van der Waals surface area contributed by atoms with Crippen LogP contribution in [0.4, 0.5) is 0 Å². The molecule has 1 aliphatic rings. The smallest absolute Gasteiger partial charge is 0.323 e. The van der Waals surface area contributed by atoms with E-state index in [1.54, 1.807) is 0 Å². The molecule has 2 rings (SSSR count). The van der Waals surface area contributed by atoms with Crippen molar-refractivity contribution in [2.75, 3.05) is 13.1 Å². The van der Waals surface area contributed by atoms with Gasteiger partial charge in [-0.25, -0.2) is 0 Å². The van der Waals surface area contributed by atoms with E-state index in [0.717, 1.165) is 18.7 Å². The molecule has 0 aromatic heterocycles. The van der Waals surface area contributed by atoms with Crippen LogP contribution in [0.3, 0.4) is 0 Å². The van der Waals surface area contributed by atoms with E-state index in [9.17, 15) is 4.79 Å². The van der Waals surface area contributed by atoms with Gasteiger partial charge in [0.05, 0.1) is 0 Å². The van der Waals surface area contributed by atoms with Crippen LogP contribution in [0, 0.1) is 0 Å². The Morgan fingerprint density at radius 1 is 1.22 bits per heavy atom. The van der Waals surface area contributed by atoms with E-state index in [-0.39, 0.29) is 12.0 Å². The van der Waals surface area contributed by atoms with Crippen molar-refractivity contribution >= 4 is 5.97 Å². The lowest BCUT2D eigenvalue weighted by Gasteiger charge is -2.30. The first-order valence-corrected chi connectivity index (χ1v) is 6.72. The lowest BCUT2D eigenvalue weighted by molar-refractivity contribution is -0.151. The van der Waals surface area contributed by atoms with E-state index in [2.05, 4.69) is 4.90 Å². The zero-order valence-electron chi connectivity index (χ0n) is 11.0. The summed E-state index contributed by atoms with van der Waals surface area (Å²) in [6.07, 6.45) is 3.66. The minimum Gasteiger partial charge on any atom is -0.460 e. The minimum absolute atomic E-state index is 0.110. The molecule has 1 heterocycles. The Hall–Kier alpha value is -1.35. The highest BCUT2D eigenvalue weighted by atomic mass is 16.5. The molecule has 18 heavy (non-hydrogen) atoms. The maximum atomic E-state index is 12.0. The van der Waals surface area contributed by atoms with Crippen molar-refractivity contribution < 1.29 is 9.53 Å². The molecule has 0 spiro atoms. The molecule has 1 fully saturated rings. The van der Waals surface area contributed by atoms with Crippen molar-refractivity contribution in [3.05, 3.63) is 35.9 Å². The molecule has 0 unspecified atom stereocenters. The van der Waals surface area contributed by atoms with Crippen LogP contribution in [0.5, 0.6) is 0 Å². The number of rotatable bonds is 4. The summed E-state index contributed by atoms with van der Waals surface area (Å²) < 4.78 is 5.36.